The van der Waals surface area contributed by atoms with Gasteiger partial charge in [-0.05, 0) is 6.92 Å². The van der Waals surface area contributed by atoms with Crippen molar-refractivity contribution >= 4 is 17.6 Å². The zero-order valence-corrected chi connectivity index (χ0v) is 7.94. The average molecular weight is 222 g/mol. The summed E-state index contributed by atoms with van der Waals surface area (Å²) in [5.74, 6) is -3.13. The second-order valence-electron chi connectivity index (χ2n) is 2.31. The molecule has 0 aliphatic carbocycles. The molecule has 0 atom stereocenters. The molecule has 76 valence electrons. The lowest BCUT2D eigenvalue weighted by Crippen LogP contribution is -2.10. The standard InChI is InChI=1S/C8H6ClF2NO2/c1-2-14-8(13)5-6(9)4(10)3-12-7(5)11/h3H,2H2,1H3. The van der Waals surface area contributed by atoms with Crippen LogP contribution in [0.5, 0.6) is 0 Å². The average Bonchev–Trinajstić information content (AvgIpc) is 2.13. The van der Waals surface area contributed by atoms with Crippen LogP contribution < -0.4 is 0 Å². The van der Waals surface area contributed by atoms with Crippen LogP contribution in [0.1, 0.15) is 17.3 Å². The summed E-state index contributed by atoms with van der Waals surface area (Å²) in [6.45, 7) is 1.58. The van der Waals surface area contributed by atoms with Gasteiger partial charge in [0.25, 0.3) is 0 Å². The minimum atomic E-state index is -1.14. The summed E-state index contributed by atoms with van der Waals surface area (Å²) >= 11 is 5.37. The Balaban J connectivity index is 3.18. The molecule has 0 bridgehead atoms. The zero-order chi connectivity index (χ0) is 10.7. The molecule has 0 N–H and O–H groups in total. The molecule has 0 amide bonds. The van der Waals surface area contributed by atoms with Crippen molar-refractivity contribution in [3.05, 3.63) is 28.5 Å². The number of aromatic nitrogens is 1. The van der Waals surface area contributed by atoms with Gasteiger partial charge in [0, 0.05) is 0 Å². The molecule has 3 nitrogen and oxygen atoms in total. The summed E-state index contributed by atoms with van der Waals surface area (Å²) in [6, 6.07) is 0. The second-order valence-corrected chi connectivity index (χ2v) is 2.68. The highest BCUT2D eigenvalue weighted by Crippen LogP contribution is 2.21. The van der Waals surface area contributed by atoms with E-state index in [4.69, 9.17) is 11.6 Å². The first-order valence-electron chi connectivity index (χ1n) is 3.74. The predicted molar refractivity (Wildman–Crippen MR) is 45.1 cm³/mol. The van der Waals surface area contributed by atoms with E-state index in [9.17, 15) is 13.6 Å². The van der Waals surface area contributed by atoms with Crippen molar-refractivity contribution in [3.8, 4) is 0 Å². The molecule has 0 aliphatic rings. The van der Waals surface area contributed by atoms with Crippen molar-refractivity contribution in [2.45, 2.75) is 6.92 Å². The number of nitrogens with zero attached hydrogens (tertiary/aromatic N) is 1. The predicted octanol–water partition coefficient (Wildman–Crippen LogP) is 2.19. The van der Waals surface area contributed by atoms with E-state index in [1.54, 1.807) is 0 Å². The molecule has 0 saturated heterocycles. The van der Waals surface area contributed by atoms with E-state index in [2.05, 4.69) is 9.72 Å². The molecule has 6 heteroatoms. The molecule has 0 aliphatic heterocycles. The third-order valence-corrected chi connectivity index (χ3v) is 1.78. The van der Waals surface area contributed by atoms with Crippen LogP contribution in [0.15, 0.2) is 6.20 Å². The summed E-state index contributed by atoms with van der Waals surface area (Å²) in [7, 11) is 0. The van der Waals surface area contributed by atoms with Crippen LogP contribution in [-0.4, -0.2) is 17.6 Å². The van der Waals surface area contributed by atoms with Gasteiger partial charge in [-0.1, -0.05) is 11.6 Å². The van der Waals surface area contributed by atoms with Crippen LogP contribution in [-0.2, 0) is 4.74 Å². The van der Waals surface area contributed by atoms with Gasteiger partial charge in [0.05, 0.1) is 17.8 Å². The van der Waals surface area contributed by atoms with E-state index in [0.717, 1.165) is 0 Å². The highest BCUT2D eigenvalue weighted by molar-refractivity contribution is 6.33. The molecule has 1 aromatic heterocycles. The Labute approximate surface area is 83.7 Å². The number of rotatable bonds is 2. The number of hydrogen-bond acceptors (Lipinski definition) is 3. The Morgan fingerprint density at radius 3 is 2.86 bits per heavy atom. The number of esters is 1. The van der Waals surface area contributed by atoms with Crippen LogP contribution in [0.4, 0.5) is 8.78 Å². The van der Waals surface area contributed by atoms with Crippen LogP contribution in [0, 0.1) is 11.8 Å². The van der Waals surface area contributed by atoms with Gasteiger partial charge in [0.15, 0.2) is 5.82 Å². The highest BCUT2D eigenvalue weighted by Gasteiger charge is 2.21. The molecule has 1 aromatic rings. The van der Waals surface area contributed by atoms with Crippen molar-refractivity contribution in [1.82, 2.24) is 4.98 Å². The quantitative estimate of drug-likeness (QED) is 0.568. The summed E-state index contributed by atoms with van der Waals surface area (Å²) < 4.78 is 30.2. The van der Waals surface area contributed by atoms with Crippen LogP contribution >= 0.6 is 11.6 Å². The topological polar surface area (TPSA) is 39.2 Å². The molecular weight excluding hydrogens is 216 g/mol. The molecule has 0 saturated carbocycles. The lowest BCUT2D eigenvalue weighted by Gasteiger charge is -2.04. The largest absolute Gasteiger partial charge is 0.462 e. The van der Waals surface area contributed by atoms with Gasteiger partial charge in [0.1, 0.15) is 5.56 Å². The maximum absolute atomic E-state index is 12.9. The van der Waals surface area contributed by atoms with E-state index in [-0.39, 0.29) is 6.61 Å². The molecule has 0 fully saturated rings. The molecule has 0 aromatic carbocycles. The molecule has 0 spiro atoms. The molecule has 1 rings (SSSR count). The lowest BCUT2D eigenvalue weighted by molar-refractivity contribution is 0.0519. The third kappa shape index (κ3) is 1.98. The van der Waals surface area contributed by atoms with E-state index in [1.807, 2.05) is 0 Å². The molecule has 14 heavy (non-hydrogen) atoms. The SMILES string of the molecule is CCOC(=O)c1c(F)ncc(F)c1Cl. The smallest absolute Gasteiger partial charge is 0.344 e. The Kier molecular flexibility index (Phi) is 3.35. The van der Waals surface area contributed by atoms with Crippen molar-refractivity contribution in [2.24, 2.45) is 0 Å². The van der Waals surface area contributed by atoms with Crippen LogP contribution in [0.25, 0.3) is 0 Å². The fourth-order valence-corrected chi connectivity index (χ4v) is 1.03. The van der Waals surface area contributed by atoms with Gasteiger partial charge < -0.3 is 4.74 Å². The molecule has 0 radical (unpaired) electrons. The summed E-state index contributed by atoms with van der Waals surface area (Å²) in [4.78, 5) is 14.1. The van der Waals surface area contributed by atoms with Gasteiger partial charge in [-0.15, -0.1) is 0 Å². The number of carbonyl (C=O) groups is 1. The first-order chi connectivity index (χ1) is 6.57. The summed E-state index contributed by atoms with van der Waals surface area (Å²) in [6.07, 6.45) is 0.598. The van der Waals surface area contributed by atoms with Gasteiger partial charge >= 0.3 is 5.97 Å². The van der Waals surface area contributed by atoms with Crippen molar-refractivity contribution < 1.29 is 18.3 Å². The molecular formula is C8H6ClF2NO2. The Morgan fingerprint density at radius 1 is 1.64 bits per heavy atom. The Hall–Kier alpha value is -1.23. The fraction of sp³-hybridized carbons (Fsp3) is 0.250. The second kappa shape index (κ2) is 4.32. The van der Waals surface area contributed by atoms with Crippen molar-refractivity contribution in [3.63, 3.8) is 0 Å². The minimum Gasteiger partial charge on any atom is -0.462 e. The number of hydrogen-bond donors (Lipinski definition) is 0. The van der Waals surface area contributed by atoms with E-state index in [0.29, 0.717) is 6.20 Å². The van der Waals surface area contributed by atoms with E-state index >= 15 is 0 Å². The van der Waals surface area contributed by atoms with Gasteiger partial charge in [-0.25, -0.2) is 14.2 Å². The first kappa shape index (κ1) is 10.8. The Bertz CT molecular complexity index is 371. The lowest BCUT2D eigenvalue weighted by atomic mass is 10.3. The van der Waals surface area contributed by atoms with Gasteiger partial charge in [-0.2, -0.15) is 4.39 Å². The normalized spacial score (nSPS) is 10.0. The highest BCUT2D eigenvalue weighted by atomic mass is 35.5. The third-order valence-electron chi connectivity index (χ3n) is 1.41. The van der Waals surface area contributed by atoms with Crippen LogP contribution in [0.3, 0.4) is 0 Å². The first-order valence-corrected chi connectivity index (χ1v) is 4.12. The summed E-state index contributed by atoms with van der Waals surface area (Å²) in [5, 5.41) is -0.615. The number of pyridine rings is 1. The monoisotopic (exact) mass is 221 g/mol. The van der Waals surface area contributed by atoms with Gasteiger partial charge in [-0.3, -0.25) is 0 Å². The summed E-state index contributed by atoms with van der Waals surface area (Å²) in [5.41, 5.74) is -0.673. The van der Waals surface area contributed by atoms with Crippen molar-refractivity contribution in [2.75, 3.05) is 6.61 Å². The van der Waals surface area contributed by atoms with Gasteiger partial charge in [0.2, 0.25) is 5.95 Å². The maximum atomic E-state index is 12.9. The van der Waals surface area contributed by atoms with Crippen LogP contribution in [0.2, 0.25) is 5.02 Å². The number of halogens is 3. The Morgan fingerprint density at radius 2 is 2.29 bits per heavy atom. The van der Waals surface area contributed by atoms with Crippen molar-refractivity contribution in [1.29, 1.82) is 0 Å². The number of ether oxygens (including phenoxy) is 1. The molecule has 1 heterocycles. The molecule has 0 unspecified atom stereocenters. The van der Waals surface area contributed by atoms with E-state index < -0.39 is 28.3 Å². The minimum absolute atomic E-state index is 0.0467. The zero-order valence-electron chi connectivity index (χ0n) is 7.18. The maximum Gasteiger partial charge on any atom is 0.344 e. The number of carbonyl (C=O) groups excluding carboxylic acids is 1. The van der Waals surface area contributed by atoms with E-state index in [1.165, 1.54) is 6.92 Å². The fourth-order valence-electron chi connectivity index (χ4n) is 0.822.